The number of aliphatic hydroxyl groups excluding tert-OH is 1. The molecule has 0 bridgehead atoms. The molecule has 0 saturated heterocycles. The van der Waals surface area contributed by atoms with Crippen molar-refractivity contribution in [2.24, 2.45) is 0 Å². The van der Waals surface area contributed by atoms with Crippen molar-refractivity contribution in [1.29, 1.82) is 0 Å². The van der Waals surface area contributed by atoms with Crippen molar-refractivity contribution in [2.45, 2.75) is 6.04 Å². The van der Waals surface area contributed by atoms with Gasteiger partial charge in [0.05, 0.1) is 24.8 Å². The van der Waals surface area contributed by atoms with Gasteiger partial charge in [-0.2, -0.15) is 0 Å². The highest BCUT2D eigenvalue weighted by atomic mass is 19.1. The Morgan fingerprint density at radius 3 is 2.81 bits per heavy atom. The fraction of sp³-hybridized carbons (Fsp3) is 0.364. The number of hydrogen-bond acceptors (Lipinski definition) is 3. The zero-order chi connectivity index (χ0) is 12.0. The Balaban J connectivity index is 2.68. The number of hydrogen-bond donors (Lipinski definition) is 2. The van der Waals surface area contributed by atoms with Crippen LogP contribution < -0.4 is 5.32 Å². The van der Waals surface area contributed by atoms with Crippen molar-refractivity contribution in [3.05, 3.63) is 35.6 Å². The average Bonchev–Trinajstić information content (AvgIpc) is 2.28. The highest BCUT2D eigenvalue weighted by Crippen LogP contribution is 2.06. The predicted octanol–water partition coefficient (Wildman–Crippen LogP) is 0.563. The molecule has 0 aliphatic rings. The summed E-state index contributed by atoms with van der Waals surface area (Å²) < 4.78 is 18.0. The molecule has 2 N–H and O–H groups in total. The molecule has 0 aliphatic carbocycles. The van der Waals surface area contributed by atoms with Crippen molar-refractivity contribution < 1.29 is 19.0 Å². The van der Waals surface area contributed by atoms with Crippen LogP contribution >= 0.6 is 0 Å². The summed E-state index contributed by atoms with van der Waals surface area (Å²) in [5.74, 6) is -1.15. The quantitative estimate of drug-likeness (QED) is 0.772. The van der Waals surface area contributed by atoms with Crippen molar-refractivity contribution in [3.8, 4) is 0 Å². The Bertz CT molecular complexity index is 357. The molecule has 88 valence electrons. The van der Waals surface area contributed by atoms with Crippen LogP contribution in [-0.2, 0) is 4.74 Å². The Hall–Kier alpha value is -1.46. The van der Waals surface area contributed by atoms with Crippen molar-refractivity contribution in [1.82, 2.24) is 5.32 Å². The second kappa shape index (κ2) is 6.19. The first-order valence-electron chi connectivity index (χ1n) is 4.84. The fourth-order valence-electron chi connectivity index (χ4n) is 1.25. The average molecular weight is 227 g/mol. The van der Waals surface area contributed by atoms with E-state index in [1.807, 2.05) is 0 Å². The molecule has 1 unspecified atom stereocenters. The summed E-state index contributed by atoms with van der Waals surface area (Å²) in [6.45, 7) is -0.0786. The molecule has 1 aromatic rings. The third kappa shape index (κ3) is 3.29. The molecule has 16 heavy (non-hydrogen) atoms. The van der Waals surface area contributed by atoms with Crippen molar-refractivity contribution >= 4 is 5.91 Å². The van der Waals surface area contributed by atoms with Gasteiger partial charge in [0.25, 0.3) is 5.91 Å². The van der Waals surface area contributed by atoms with Gasteiger partial charge in [0.2, 0.25) is 0 Å². The molecule has 0 aromatic heterocycles. The summed E-state index contributed by atoms with van der Waals surface area (Å²) in [4.78, 5) is 11.6. The summed E-state index contributed by atoms with van der Waals surface area (Å²) in [5, 5.41) is 11.4. The fourth-order valence-corrected chi connectivity index (χ4v) is 1.25. The molecule has 0 aliphatic heterocycles. The standard InChI is InChI=1S/C11H14FNO3/c1-16-7-8(6-14)13-11(15)9-4-2-3-5-10(9)12/h2-5,8,14H,6-7H2,1H3,(H,13,15). The summed E-state index contributed by atoms with van der Waals surface area (Å²) >= 11 is 0. The first-order valence-corrected chi connectivity index (χ1v) is 4.84. The van der Waals surface area contributed by atoms with E-state index in [1.165, 1.54) is 25.3 Å². The topological polar surface area (TPSA) is 58.6 Å². The zero-order valence-corrected chi connectivity index (χ0v) is 8.94. The summed E-state index contributed by atoms with van der Waals surface area (Å²) in [6.07, 6.45) is 0. The minimum absolute atomic E-state index is 0.0444. The normalized spacial score (nSPS) is 12.2. The number of carbonyl (C=O) groups is 1. The first kappa shape index (κ1) is 12.6. The lowest BCUT2D eigenvalue weighted by atomic mass is 10.2. The molecule has 1 atom stereocenters. The SMILES string of the molecule is COCC(CO)NC(=O)c1ccccc1F. The number of halogens is 1. The van der Waals surface area contributed by atoms with E-state index in [0.29, 0.717) is 0 Å². The number of rotatable bonds is 5. The molecule has 0 spiro atoms. The molecule has 5 heteroatoms. The second-order valence-corrected chi connectivity index (χ2v) is 3.29. The Kier molecular flexibility index (Phi) is 4.88. The maximum atomic E-state index is 13.2. The van der Waals surface area contributed by atoms with E-state index in [4.69, 9.17) is 9.84 Å². The third-order valence-corrected chi connectivity index (χ3v) is 2.04. The maximum absolute atomic E-state index is 13.2. The van der Waals surface area contributed by atoms with Crippen LogP contribution in [0.15, 0.2) is 24.3 Å². The largest absolute Gasteiger partial charge is 0.394 e. The summed E-state index contributed by atoms with van der Waals surface area (Å²) in [7, 11) is 1.46. The van der Waals surface area contributed by atoms with Crippen LogP contribution in [0.4, 0.5) is 4.39 Å². The van der Waals surface area contributed by atoms with Gasteiger partial charge in [0.1, 0.15) is 5.82 Å². The highest BCUT2D eigenvalue weighted by Gasteiger charge is 2.15. The number of methoxy groups -OCH3 is 1. The Morgan fingerprint density at radius 2 is 2.25 bits per heavy atom. The number of ether oxygens (including phenoxy) is 1. The van der Waals surface area contributed by atoms with E-state index in [0.717, 1.165) is 0 Å². The van der Waals surface area contributed by atoms with Crippen molar-refractivity contribution in [2.75, 3.05) is 20.3 Å². The van der Waals surface area contributed by atoms with Crippen LogP contribution in [0.5, 0.6) is 0 Å². The van der Waals surface area contributed by atoms with E-state index < -0.39 is 17.8 Å². The summed E-state index contributed by atoms with van der Waals surface area (Å²) in [6, 6.07) is 5.13. The van der Waals surface area contributed by atoms with E-state index in [1.54, 1.807) is 6.07 Å². The van der Waals surface area contributed by atoms with E-state index >= 15 is 0 Å². The van der Waals surface area contributed by atoms with Gasteiger partial charge in [-0.3, -0.25) is 4.79 Å². The lowest BCUT2D eigenvalue weighted by molar-refractivity contribution is 0.0836. The molecular weight excluding hydrogens is 213 g/mol. The van der Waals surface area contributed by atoms with Crippen LogP contribution in [0.25, 0.3) is 0 Å². The van der Waals surface area contributed by atoms with Crippen molar-refractivity contribution in [3.63, 3.8) is 0 Å². The van der Waals surface area contributed by atoms with Crippen LogP contribution in [-0.4, -0.2) is 37.4 Å². The van der Waals surface area contributed by atoms with Crippen LogP contribution in [0.1, 0.15) is 10.4 Å². The first-order chi connectivity index (χ1) is 7.69. The zero-order valence-electron chi connectivity index (χ0n) is 8.94. The predicted molar refractivity (Wildman–Crippen MR) is 56.6 cm³/mol. The van der Waals surface area contributed by atoms with Gasteiger partial charge >= 0.3 is 0 Å². The highest BCUT2D eigenvalue weighted by molar-refractivity contribution is 5.94. The van der Waals surface area contributed by atoms with Gasteiger partial charge in [-0.05, 0) is 12.1 Å². The molecule has 1 aromatic carbocycles. The summed E-state index contributed by atoms with van der Waals surface area (Å²) in [5.41, 5.74) is -0.0444. The Morgan fingerprint density at radius 1 is 1.56 bits per heavy atom. The Labute approximate surface area is 93.0 Å². The molecule has 4 nitrogen and oxygen atoms in total. The van der Waals surface area contributed by atoms with Crippen LogP contribution in [0.3, 0.4) is 0 Å². The molecule has 1 amide bonds. The van der Waals surface area contributed by atoms with E-state index in [-0.39, 0.29) is 18.8 Å². The molecule has 0 radical (unpaired) electrons. The van der Waals surface area contributed by atoms with Crippen LogP contribution in [0.2, 0.25) is 0 Å². The van der Waals surface area contributed by atoms with Gasteiger partial charge in [-0.1, -0.05) is 12.1 Å². The van der Waals surface area contributed by atoms with Gasteiger partial charge in [-0.15, -0.1) is 0 Å². The van der Waals surface area contributed by atoms with Gasteiger partial charge in [0.15, 0.2) is 0 Å². The lowest BCUT2D eigenvalue weighted by Gasteiger charge is -2.15. The van der Waals surface area contributed by atoms with Gasteiger partial charge in [-0.25, -0.2) is 4.39 Å². The lowest BCUT2D eigenvalue weighted by Crippen LogP contribution is -2.40. The molecule has 1 rings (SSSR count). The number of aliphatic hydroxyl groups is 1. The van der Waals surface area contributed by atoms with Crippen LogP contribution in [0, 0.1) is 5.82 Å². The number of benzene rings is 1. The second-order valence-electron chi connectivity index (χ2n) is 3.29. The smallest absolute Gasteiger partial charge is 0.254 e. The minimum Gasteiger partial charge on any atom is -0.394 e. The molecular formula is C11H14FNO3. The number of carbonyl (C=O) groups excluding carboxylic acids is 1. The maximum Gasteiger partial charge on any atom is 0.254 e. The van der Waals surface area contributed by atoms with E-state index in [2.05, 4.69) is 5.32 Å². The molecule has 0 fully saturated rings. The van der Waals surface area contributed by atoms with Gasteiger partial charge in [0, 0.05) is 7.11 Å². The monoisotopic (exact) mass is 227 g/mol. The molecule has 0 heterocycles. The minimum atomic E-state index is -0.589. The molecule has 0 saturated carbocycles. The van der Waals surface area contributed by atoms with Gasteiger partial charge < -0.3 is 15.2 Å². The number of amides is 1. The van der Waals surface area contributed by atoms with E-state index in [9.17, 15) is 9.18 Å². The third-order valence-electron chi connectivity index (χ3n) is 2.04. The number of nitrogens with one attached hydrogen (secondary N) is 1.